The van der Waals surface area contributed by atoms with Gasteiger partial charge in [0.1, 0.15) is 0 Å². The second kappa shape index (κ2) is 9.78. The molecule has 0 saturated carbocycles. The van der Waals surface area contributed by atoms with Gasteiger partial charge in [-0.2, -0.15) is 0 Å². The first-order valence-corrected chi connectivity index (χ1v) is 10.8. The van der Waals surface area contributed by atoms with Gasteiger partial charge in [0, 0.05) is 32.1 Å². The van der Waals surface area contributed by atoms with Crippen molar-refractivity contribution in [2.24, 2.45) is 5.92 Å². The van der Waals surface area contributed by atoms with Crippen molar-refractivity contribution < 1.29 is 19.1 Å². The van der Waals surface area contributed by atoms with Crippen LogP contribution in [0.2, 0.25) is 0 Å². The highest BCUT2D eigenvalue weighted by molar-refractivity contribution is 7.12. The molecule has 2 amide bonds. The third kappa shape index (κ3) is 4.90. The molecule has 1 fully saturated rings. The fourth-order valence-electron chi connectivity index (χ4n) is 3.69. The van der Waals surface area contributed by atoms with Crippen LogP contribution in [0.25, 0.3) is 0 Å². The van der Waals surface area contributed by atoms with Crippen LogP contribution in [-0.2, 0) is 11.3 Å². The Labute approximate surface area is 176 Å². The van der Waals surface area contributed by atoms with Crippen molar-refractivity contribution in [3.63, 3.8) is 0 Å². The SMILES string of the molecule is CCN(Cc1ccc(OC)c(OC)c1)C(=O)C1CCN(C(=O)c2cccs2)CC1. The van der Waals surface area contributed by atoms with Gasteiger partial charge in [0.05, 0.1) is 19.1 Å². The smallest absolute Gasteiger partial charge is 0.263 e. The molecule has 29 heavy (non-hydrogen) atoms. The van der Waals surface area contributed by atoms with E-state index in [-0.39, 0.29) is 17.7 Å². The summed E-state index contributed by atoms with van der Waals surface area (Å²) in [6.45, 7) is 4.42. The summed E-state index contributed by atoms with van der Waals surface area (Å²) in [6.07, 6.45) is 1.41. The van der Waals surface area contributed by atoms with Gasteiger partial charge in [-0.3, -0.25) is 9.59 Å². The maximum Gasteiger partial charge on any atom is 0.263 e. The average molecular weight is 417 g/mol. The number of rotatable bonds is 7. The second-order valence-electron chi connectivity index (χ2n) is 7.09. The monoisotopic (exact) mass is 416 g/mol. The maximum absolute atomic E-state index is 13.1. The van der Waals surface area contributed by atoms with E-state index in [4.69, 9.17) is 9.47 Å². The zero-order valence-corrected chi connectivity index (χ0v) is 18.0. The van der Waals surface area contributed by atoms with Crippen molar-refractivity contribution in [3.05, 3.63) is 46.2 Å². The lowest BCUT2D eigenvalue weighted by Crippen LogP contribution is -2.44. The van der Waals surface area contributed by atoms with E-state index in [1.165, 1.54) is 11.3 Å². The molecule has 0 bridgehead atoms. The molecular weight excluding hydrogens is 388 g/mol. The first kappa shape index (κ1) is 21.2. The van der Waals surface area contributed by atoms with Crippen LogP contribution in [0.5, 0.6) is 11.5 Å². The molecule has 0 spiro atoms. The van der Waals surface area contributed by atoms with Gasteiger partial charge in [-0.1, -0.05) is 12.1 Å². The van der Waals surface area contributed by atoms with Crippen molar-refractivity contribution in [2.45, 2.75) is 26.3 Å². The van der Waals surface area contributed by atoms with E-state index in [1.54, 1.807) is 14.2 Å². The number of thiophene rings is 1. The first-order valence-electron chi connectivity index (χ1n) is 9.89. The molecule has 0 atom stereocenters. The van der Waals surface area contributed by atoms with Gasteiger partial charge in [-0.25, -0.2) is 0 Å². The molecule has 2 aromatic rings. The maximum atomic E-state index is 13.1. The summed E-state index contributed by atoms with van der Waals surface area (Å²) in [5.74, 6) is 1.53. The van der Waals surface area contributed by atoms with E-state index in [2.05, 4.69) is 0 Å². The normalized spacial score (nSPS) is 14.5. The number of carbonyl (C=O) groups is 2. The fraction of sp³-hybridized carbons (Fsp3) is 0.455. The summed E-state index contributed by atoms with van der Waals surface area (Å²) >= 11 is 1.46. The topological polar surface area (TPSA) is 59.1 Å². The average Bonchev–Trinajstić information content (AvgIpc) is 3.31. The van der Waals surface area contributed by atoms with Gasteiger partial charge in [-0.15, -0.1) is 11.3 Å². The second-order valence-corrected chi connectivity index (χ2v) is 8.03. The summed E-state index contributed by atoms with van der Waals surface area (Å²) in [5, 5.41) is 1.91. The van der Waals surface area contributed by atoms with Gasteiger partial charge >= 0.3 is 0 Å². The van der Waals surface area contributed by atoms with Crippen LogP contribution in [0.4, 0.5) is 0 Å². The van der Waals surface area contributed by atoms with Crippen LogP contribution in [-0.4, -0.2) is 55.5 Å². The van der Waals surface area contributed by atoms with E-state index in [0.29, 0.717) is 50.5 Å². The summed E-state index contributed by atoms with van der Waals surface area (Å²) < 4.78 is 10.7. The van der Waals surface area contributed by atoms with Gasteiger partial charge in [0.25, 0.3) is 5.91 Å². The molecule has 0 radical (unpaired) electrons. The van der Waals surface area contributed by atoms with Crippen molar-refractivity contribution in [3.8, 4) is 11.5 Å². The largest absolute Gasteiger partial charge is 0.493 e. The number of likely N-dealkylation sites (tertiary alicyclic amines) is 1. The quantitative estimate of drug-likeness (QED) is 0.691. The van der Waals surface area contributed by atoms with Crippen molar-refractivity contribution >= 4 is 23.2 Å². The lowest BCUT2D eigenvalue weighted by atomic mass is 9.95. The highest BCUT2D eigenvalue weighted by Crippen LogP contribution is 2.29. The fourth-order valence-corrected chi connectivity index (χ4v) is 4.38. The Morgan fingerprint density at radius 2 is 1.86 bits per heavy atom. The summed E-state index contributed by atoms with van der Waals surface area (Å²) in [4.78, 5) is 30.1. The molecule has 7 heteroatoms. The number of hydrogen-bond donors (Lipinski definition) is 0. The first-order chi connectivity index (χ1) is 14.1. The molecule has 0 N–H and O–H groups in total. The van der Waals surface area contributed by atoms with Crippen LogP contribution in [0.3, 0.4) is 0 Å². The number of hydrogen-bond acceptors (Lipinski definition) is 5. The van der Waals surface area contributed by atoms with E-state index in [9.17, 15) is 9.59 Å². The number of methoxy groups -OCH3 is 2. The van der Waals surface area contributed by atoms with Gasteiger partial charge in [0.2, 0.25) is 5.91 Å². The number of piperidine rings is 1. The molecule has 1 aromatic carbocycles. The molecule has 1 aliphatic heterocycles. The highest BCUT2D eigenvalue weighted by atomic mass is 32.1. The summed E-state index contributed by atoms with van der Waals surface area (Å²) in [6, 6.07) is 9.48. The molecule has 1 aliphatic rings. The third-order valence-corrected chi connectivity index (χ3v) is 6.24. The van der Waals surface area contributed by atoms with Crippen molar-refractivity contribution in [1.29, 1.82) is 0 Å². The summed E-state index contributed by atoms with van der Waals surface area (Å²) in [7, 11) is 3.21. The standard InChI is InChI=1S/C22H28N2O4S/c1-4-23(15-16-7-8-18(27-2)19(14-16)28-3)21(25)17-9-11-24(12-10-17)22(26)20-6-5-13-29-20/h5-8,13-14,17H,4,9-12,15H2,1-3H3. The highest BCUT2D eigenvalue weighted by Gasteiger charge is 2.30. The van der Waals surface area contributed by atoms with Crippen LogP contribution < -0.4 is 9.47 Å². The third-order valence-electron chi connectivity index (χ3n) is 5.38. The zero-order valence-electron chi connectivity index (χ0n) is 17.2. The molecule has 0 aliphatic carbocycles. The number of nitrogens with zero attached hydrogens (tertiary/aromatic N) is 2. The Morgan fingerprint density at radius 3 is 2.45 bits per heavy atom. The van der Waals surface area contributed by atoms with Crippen LogP contribution in [0.1, 0.15) is 35.0 Å². The predicted molar refractivity (Wildman–Crippen MR) is 114 cm³/mol. The lowest BCUT2D eigenvalue weighted by molar-refractivity contribution is -0.137. The number of carbonyl (C=O) groups excluding carboxylic acids is 2. The molecule has 1 aromatic heterocycles. The Hall–Kier alpha value is -2.54. The number of amides is 2. The van der Waals surface area contributed by atoms with Gasteiger partial charge < -0.3 is 19.3 Å². The van der Waals surface area contributed by atoms with Gasteiger partial charge in [0.15, 0.2) is 11.5 Å². The molecule has 3 rings (SSSR count). The molecule has 1 saturated heterocycles. The summed E-state index contributed by atoms with van der Waals surface area (Å²) in [5.41, 5.74) is 1.00. The molecule has 2 heterocycles. The van der Waals surface area contributed by atoms with E-state index < -0.39 is 0 Å². The van der Waals surface area contributed by atoms with E-state index in [1.807, 2.05) is 52.4 Å². The minimum Gasteiger partial charge on any atom is -0.493 e. The molecule has 156 valence electrons. The molecule has 0 unspecified atom stereocenters. The number of benzene rings is 1. The Balaban J connectivity index is 1.59. The zero-order chi connectivity index (χ0) is 20.8. The Bertz CT molecular complexity index is 829. The van der Waals surface area contributed by atoms with Crippen molar-refractivity contribution in [2.75, 3.05) is 33.9 Å². The van der Waals surface area contributed by atoms with Crippen LogP contribution in [0.15, 0.2) is 35.7 Å². The minimum absolute atomic E-state index is 0.0394. The molecular formula is C22H28N2O4S. The van der Waals surface area contributed by atoms with Crippen LogP contribution in [0, 0.1) is 5.92 Å². The predicted octanol–water partition coefficient (Wildman–Crippen LogP) is 3.67. The minimum atomic E-state index is -0.0394. The van der Waals surface area contributed by atoms with E-state index >= 15 is 0 Å². The van der Waals surface area contributed by atoms with E-state index in [0.717, 1.165) is 10.4 Å². The molecule has 6 nitrogen and oxygen atoms in total. The van der Waals surface area contributed by atoms with Crippen LogP contribution >= 0.6 is 11.3 Å². The Kier molecular flexibility index (Phi) is 7.14. The van der Waals surface area contributed by atoms with Gasteiger partial charge in [-0.05, 0) is 48.9 Å². The lowest BCUT2D eigenvalue weighted by Gasteiger charge is -2.34. The Morgan fingerprint density at radius 1 is 1.14 bits per heavy atom. The number of ether oxygens (including phenoxy) is 2. The van der Waals surface area contributed by atoms with Crippen molar-refractivity contribution in [1.82, 2.24) is 9.80 Å².